The Balaban J connectivity index is 3.05. The highest BCUT2D eigenvalue weighted by Gasteiger charge is 1.97. The monoisotopic (exact) mass is 155 g/mol. The largest absolute Gasteiger partial charge is 0.329 e. The van der Waals surface area contributed by atoms with Gasteiger partial charge in [-0.05, 0) is 17.5 Å². The number of benzene rings is 1. The Morgan fingerprint density at radius 3 is 2.75 bits per heavy atom. The molecule has 0 saturated carbocycles. The molecule has 1 N–H and O–H groups in total. The second kappa shape index (κ2) is 2.52. The first kappa shape index (κ1) is 7.16. The lowest BCUT2D eigenvalue weighted by molar-refractivity contribution is 1.28. The molecule has 0 aliphatic heterocycles. The van der Waals surface area contributed by atoms with E-state index >= 15 is 0 Å². The molecule has 0 saturated heterocycles. The summed E-state index contributed by atoms with van der Waals surface area (Å²) in [5, 5.41) is 1.44. The van der Waals surface area contributed by atoms with Gasteiger partial charge in [0.25, 0.3) is 5.56 Å². The third-order valence-electron chi connectivity index (χ3n) is 1.85. The van der Waals surface area contributed by atoms with E-state index in [1.54, 1.807) is 30.5 Å². The highest BCUT2D eigenvalue weighted by molar-refractivity contribution is 6.38. The van der Waals surface area contributed by atoms with E-state index in [4.69, 9.17) is 7.85 Å². The predicted molar refractivity (Wildman–Crippen MR) is 50.0 cm³/mol. The van der Waals surface area contributed by atoms with Crippen LogP contribution < -0.4 is 11.0 Å². The van der Waals surface area contributed by atoms with Crippen molar-refractivity contribution in [3.05, 3.63) is 40.8 Å². The molecule has 2 rings (SSSR count). The molecular weight excluding hydrogens is 149 g/mol. The fraction of sp³-hybridized carbons (Fsp3) is 0. The van der Waals surface area contributed by atoms with E-state index in [0.29, 0.717) is 10.8 Å². The smallest absolute Gasteiger partial charge is 0.255 e. The highest BCUT2D eigenvalue weighted by atomic mass is 16.1. The van der Waals surface area contributed by atoms with Crippen molar-refractivity contribution < 1.29 is 0 Å². The Hall–Kier alpha value is -1.51. The summed E-state index contributed by atoms with van der Waals surface area (Å²) in [5.74, 6) is 0. The molecule has 12 heavy (non-hydrogen) atoms. The molecule has 0 amide bonds. The van der Waals surface area contributed by atoms with Gasteiger partial charge in [-0.25, -0.2) is 0 Å². The third-order valence-corrected chi connectivity index (χ3v) is 1.85. The van der Waals surface area contributed by atoms with E-state index in [-0.39, 0.29) is 5.56 Å². The summed E-state index contributed by atoms with van der Waals surface area (Å²) >= 11 is 0. The van der Waals surface area contributed by atoms with Crippen molar-refractivity contribution in [2.45, 2.75) is 0 Å². The fourth-order valence-electron chi connectivity index (χ4n) is 1.25. The van der Waals surface area contributed by atoms with Gasteiger partial charge in [0.05, 0.1) is 0 Å². The molecule has 0 spiro atoms. The van der Waals surface area contributed by atoms with E-state index in [0.717, 1.165) is 5.39 Å². The van der Waals surface area contributed by atoms with E-state index in [1.165, 1.54) is 0 Å². The van der Waals surface area contributed by atoms with Crippen molar-refractivity contribution in [1.82, 2.24) is 4.98 Å². The summed E-state index contributed by atoms with van der Waals surface area (Å²) in [5.41, 5.74) is 0.540. The molecule has 2 aromatic rings. The number of hydrogen-bond donors (Lipinski definition) is 1. The molecule has 0 aliphatic rings. The maximum absolute atomic E-state index is 11.2. The second-order valence-electron chi connectivity index (χ2n) is 2.62. The lowest BCUT2D eigenvalue weighted by atomic mass is 9.91. The summed E-state index contributed by atoms with van der Waals surface area (Å²) in [6, 6.07) is 7.10. The number of H-pyrrole nitrogens is 1. The van der Waals surface area contributed by atoms with Gasteiger partial charge in [0.2, 0.25) is 0 Å². The Morgan fingerprint density at radius 1 is 1.17 bits per heavy atom. The van der Waals surface area contributed by atoms with Crippen LogP contribution in [-0.2, 0) is 0 Å². The minimum Gasteiger partial charge on any atom is -0.329 e. The van der Waals surface area contributed by atoms with Crippen LogP contribution in [0.25, 0.3) is 10.8 Å². The van der Waals surface area contributed by atoms with Gasteiger partial charge in [0.15, 0.2) is 0 Å². The molecule has 0 atom stereocenters. The minimum absolute atomic E-state index is 0.0974. The minimum atomic E-state index is -0.0974. The van der Waals surface area contributed by atoms with Crippen molar-refractivity contribution in [2.75, 3.05) is 0 Å². The van der Waals surface area contributed by atoms with Crippen molar-refractivity contribution in [3.63, 3.8) is 0 Å². The Kier molecular flexibility index (Phi) is 1.50. The van der Waals surface area contributed by atoms with Crippen molar-refractivity contribution in [2.24, 2.45) is 0 Å². The van der Waals surface area contributed by atoms with Crippen molar-refractivity contribution >= 4 is 24.1 Å². The Labute approximate surface area is 70.6 Å². The zero-order valence-corrected chi connectivity index (χ0v) is 6.37. The van der Waals surface area contributed by atoms with E-state index in [1.807, 2.05) is 0 Å². The zero-order valence-electron chi connectivity index (χ0n) is 6.37. The number of rotatable bonds is 0. The first-order chi connectivity index (χ1) is 5.79. The number of aromatic amines is 1. The van der Waals surface area contributed by atoms with Crippen LogP contribution in [-0.4, -0.2) is 12.8 Å². The molecule has 0 aliphatic carbocycles. The molecule has 0 bridgehead atoms. The first-order valence-corrected chi connectivity index (χ1v) is 3.65. The van der Waals surface area contributed by atoms with Crippen molar-refractivity contribution in [3.8, 4) is 0 Å². The quantitative estimate of drug-likeness (QED) is 0.546. The zero-order chi connectivity index (χ0) is 8.55. The van der Waals surface area contributed by atoms with Gasteiger partial charge >= 0.3 is 0 Å². The van der Waals surface area contributed by atoms with Gasteiger partial charge in [0, 0.05) is 11.6 Å². The molecule has 3 heteroatoms. The van der Waals surface area contributed by atoms with Gasteiger partial charge in [-0.15, -0.1) is 0 Å². The number of hydrogen-bond acceptors (Lipinski definition) is 1. The first-order valence-electron chi connectivity index (χ1n) is 3.65. The topological polar surface area (TPSA) is 32.9 Å². The van der Waals surface area contributed by atoms with Gasteiger partial charge in [-0.3, -0.25) is 4.79 Å². The van der Waals surface area contributed by atoms with Crippen LogP contribution in [0.15, 0.2) is 35.3 Å². The second-order valence-corrected chi connectivity index (χ2v) is 2.62. The third kappa shape index (κ3) is 0.943. The van der Waals surface area contributed by atoms with E-state index in [9.17, 15) is 4.79 Å². The van der Waals surface area contributed by atoms with Gasteiger partial charge in [-0.2, -0.15) is 0 Å². The number of aromatic nitrogens is 1. The molecule has 1 aromatic carbocycles. The van der Waals surface area contributed by atoms with Crippen LogP contribution in [0.5, 0.6) is 0 Å². The summed E-state index contributed by atoms with van der Waals surface area (Å²) in [6.07, 6.45) is 1.60. The van der Waals surface area contributed by atoms with Gasteiger partial charge < -0.3 is 4.98 Å². The molecule has 1 aromatic heterocycles. The molecule has 1 heterocycles. The molecular formula is C9H6BNO. The lowest BCUT2D eigenvalue weighted by Gasteiger charge is -1.98. The molecule has 2 radical (unpaired) electrons. The van der Waals surface area contributed by atoms with E-state index < -0.39 is 0 Å². The van der Waals surface area contributed by atoms with Crippen LogP contribution >= 0.6 is 0 Å². The van der Waals surface area contributed by atoms with Crippen LogP contribution in [0.2, 0.25) is 0 Å². The summed E-state index contributed by atoms with van der Waals surface area (Å²) in [6.45, 7) is 0. The SMILES string of the molecule is [B]c1cccc2c(=O)[nH]ccc12. The van der Waals surface area contributed by atoms with Crippen LogP contribution in [0.1, 0.15) is 0 Å². The average Bonchev–Trinajstić information content (AvgIpc) is 2.07. The summed E-state index contributed by atoms with van der Waals surface area (Å²) in [4.78, 5) is 13.8. The molecule has 56 valence electrons. The number of fused-ring (bicyclic) bond motifs is 1. The average molecular weight is 155 g/mol. The molecule has 2 nitrogen and oxygen atoms in total. The predicted octanol–water partition coefficient (Wildman–Crippen LogP) is 0.322. The summed E-state index contributed by atoms with van der Waals surface area (Å²) < 4.78 is 0. The molecule has 0 fully saturated rings. The fourth-order valence-corrected chi connectivity index (χ4v) is 1.25. The standard InChI is InChI=1S/C9H6BNO/c10-8-3-1-2-7-6(8)4-5-11-9(7)12/h1-5H,(H,11,12). The maximum atomic E-state index is 11.2. The molecule has 0 unspecified atom stereocenters. The van der Waals surface area contributed by atoms with Crippen LogP contribution in [0, 0.1) is 0 Å². The van der Waals surface area contributed by atoms with Gasteiger partial charge in [-0.1, -0.05) is 17.6 Å². The van der Waals surface area contributed by atoms with Crippen LogP contribution in [0.4, 0.5) is 0 Å². The highest BCUT2D eigenvalue weighted by Crippen LogP contribution is 2.03. The maximum Gasteiger partial charge on any atom is 0.255 e. The van der Waals surface area contributed by atoms with E-state index in [2.05, 4.69) is 4.98 Å². The number of pyridine rings is 1. The summed E-state index contributed by atoms with van der Waals surface area (Å²) in [7, 11) is 5.67. The lowest BCUT2D eigenvalue weighted by Crippen LogP contribution is -2.11. The van der Waals surface area contributed by atoms with Crippen molar-refractivity contribution in [1.29, 1.82) is 0 Å². The Bertz CT molecular complexity index is 475. The van der Waals surface area contributed by atoms with Gasteiger partial charge in [0.1, 0.15) is 7.85 Å². The number of nitrogens with one attached hydrogen (secondary N) is 1. The normalized spacial score (nSPS) is 10.3. The Morgan fingerprint density at radius 2 is 2.00 bits per heavy atom. The van der Waals surface area contributed by atoms with Crippen LogP contribution in [0.3, 0.4) is 0 Å².